The van der Waals surface area contributed by atoms with Gasteiger partial charge < -0.3 is 0 Å². The minimum Gasteiger partial charge on any atom is -0.147 e. The topological polar surface area (TPSA) is 0 Å². The van der Waals surface area contributed by atoms with E-state index in [1.165, 1.54) is 0 Å². The van der Waals surface area contributed by atoms with Crippen molar-refractivity contribution in [2.24, 2.45) is 0 Å². The Labute approximate surface area is 141 Å². The van der Waals surface area contributed by atoms with Gasteiger partial charge >= 0.3 is 0 Å². The van der Waals surface area contributed by atoms with Crippen LogP contribution in [0.2, 0.25) is 0 Å². The van der Waals surface area contributed by atoms with Crippen molar-refractivity contribution < 1.29 is 0 Å². The van der Waals surface area contributed by atoms with E-state index in [2.05, 4.69) is 0 Å². The average Bonchev–Trinajstić information content (AvgIpc) is 0. The predicted octanol–water partition coefficient (Wildman–Crippen LogP) is 4.89. The highest BCUT2D eigenvalue weighted by Crippen LogP contribution is 0.852. The first-order valence-corrected chi connectivity index (χ1v) is 0. The Balaban J connectivity index is 0. The molecule has 0 fully saturated rings. The number of halogens is 9. The first kappa shape index (κ1) is 119. The van der Waals surface area contributed by atoms with Gasteiger partial charge in [0.25, 0.3) is 0 Å². The van der Waals surface area contributed by atoms with E-state index < -0.39 is 0 Å². The molecule has 0 spiro atoms. The lowest BCUT2D eigenvalue weighted by atomic mass is 35.5. The molecule has 0 aliphatic rings. The van der Waals surface area contributed by atoms with Gasteiger partial charge in [-0.25, -0.2) is 0 Å². The van der Waals surface area contributed by atoms with Gasteiger partial charge in [0, 0.05) is 0 Å². The Morgan fingerprint density at radius 3 is 0.222 bits per heavy atom. The molecule has 0 aliphatic carbocycles. The lowest BCUT2D eigenvalue weighted by Crippen LogP contribution is 0.688. The molecule has 72 valence electrons. The monoisotopic (exact) mass is 631 g/mol. The minimum absolute atomic E-state index is 0. The van der Waals surface area contributed by atoms with Gasteiger partial charge in [0.05, 0.1) is 0 Å². The van der Waals surface area contributed by atoms with Gasteiger partial charge in [-0.1, -0.05) is 0 Å². The molecule has 0 bridgehead atoms. The smallest absolute Gasteiger partial charge is 0.114 e. The van der Waals surface area contributed by atoms with E-state index in [0.717, 1.165) is 0 Å². The molecule has 0 aliphatic heterocycles. The third-order valence-electron chi connectivity index (χ3n) is 0. The van der Waals surface area contributed by atoms with Gasteiger partial charge in [-0.05, 0) is 0 Å². The van der Waals surface area contributed by atoms with Gasteiger partial charge in [0.1, 0.15) is 0 Å². The van der Waals surface area contributed by atoms with Gasteiger partial charge in [0.2, 0.25) is 0 Å². The molecule has 0 amide bonds. The summed E-state index contributed by atoms with van der Waals surface area (Å²) in [5.41, 5.74) is 0. The van der Waals surface area contributed by atoms with Crippen molar-refractivity contribution in [1.82, 2.24) is 0 Å². The van der Waals surface area contributed by atoms with E-state index in [0.29, 0.717) is 0 Å². The summed E-state index contributed by atoms with van der Waals surface area (Å²) in [5, 5.41) is 0. The molecule has 0 aromatic carbocycles. The quantitative estimate of drug-likeness (QED) is 0.355. The molecule has 0 nitrogen and oxygen atoms in total. The van der Waals surface area contributed by atoms with E-state index in [1.54, 1.807) is 0 Å². The first-order chi connectivity index (χ1) is 0. The van der Waals surface area contributed by atoms with Crippen LogP contribution in [0.3, 0.4) is 0 Å². The molecular formula is H9Br7Cl2. The molecule has 9 heteroatoms. The Morgan fingerprint density at radius 2 is 0.222 bits per heavy atom. The molecule has 0 saturated carbocycles. The third kappa shape index (κ3) is 76.0. The van der Waals surface area contributed by atoms with Crippen molar-refractivity contribution in [3.63, 3.8) is 0 Å². The lowest BCUT2D eigenvalue weighted by Gasteiger charge is -0.148. The molecule has 0 aromatic heterocycles. The Morgan fingerprint density at radius 1 is 0.222 bits per heavy atom. The highest BCUT2D eigenvalue weighted by Gasteiger charge is -0.107. The van der Waals surface area contributed by atoms with Gasteiger partial charge in [0.15, 0.2) is 0 Å². The standard InChI is InChI=1S/7BrH.2ClH/h9*1H. The number of hydrogen-bond donors (Lipinski definition) is 0. The molecular weight excluding hydrogens is 630 g/mol. The molecule has 0 heterocycles. The minimum atomic E-state index is 0. The van der Waals surface area contributed by atoms with Crippen LogP contribution in [-0.2, 0) is 0 Å². The summed E-state index contributed by atoms with van der Waals surface area (Å²) in [6.45, 7) is 0. The third-order valence-corrected chi connectivity index (χ3v) is 0. The van der Waals surface area contributed by atoms with E-state index in [1.807, 2.05) is 0 Å². The van der Waals surface area contributed by atoms with Crippen molar-refractivity contribution in [3.8, 4) is 0 Å². The van der Waals surface area contributed by atoms with Gasteiger partial charge in [-0.2, -0.15) is 0 Å². The van der Waals surface area contributed by atoms with E-state index >= 15 is 0 Å². The zero-order valence-electron chi connectivity index (χ0n) is 3.67. The fraction of sp³-hybridized carbons (Fsp3) is 0. The maximum atomic E-state index is 0. The van der Waals surface area contributed by atoms with Crippen LogP contribution in [0, 0.1) is 0 Å². The number of rotatable bonds is 0. The van der Waals surface area contributed by atoms with Crippen LogP contribution in [0.4, 0.5) is 0 Å². The summed E-state index contributed by atoms with van der Waals surface area (Å²) in [6, 6.07) is 0. The van der Waals surface area contributed by atoms with Crippen LogP contribution in [0.15, 0.2) is 0 Å². The van der Waals surface area contributed by atoms with E-state index in [9.17, 15) is 0 Å². The molecule has 0 saturated heterocycles. The summed E-state index contributed by atoms with van der Waals surface area (Å²) in [7, 11) is 0. The second kappa shape index (κ2) is 92.1. The second-order valence-corrected chi connectivity index (χ2v) is 0. The molecule has 0 N–H and O–H groups in total. The van der Waals surface area contributed by atoms with Crippen molar-refractivity contribution in [3.05, 3.63) is 0 Å². The predicted molar refractivity (Wildman–Crippen MR) is 86.7 cm³/mol. The normalized spacial score (nSPS) is 0. The summed E-state index contributed by atoms with van der Waals surface area (Å²) < 4.78 is 0. The molecule has 0 radical (unpaired) electrons. The van der Waals surface area contributed by atoms with Gasteiger partial charge in [-0.3, -0.25) is 0 Å². The highest BCUT2D eigenvalue weighted by molar-refractivity contribution is 8.93. The molecule has 9 heavy (non-hydrogen) atoms. The summed E-state index contributed by atoms with van der Waals surface area (Å²) in [4.78, 5) is 0. The lowest BCUT2D eigenvalue weighted by molar-refractivity contribution is 5.85. The second-order valence-electron chi connectivity index (χ2n) is 0. The Bertz CT molecular complexity index is 6.88. The molecule has 0 atom stereocenters. The zero-order chi connectivity index (χ0) is 0. The number of hydrogen-bond acceptors (Lipinski definition) is 0. The maximum Gasteiger partial charge on any atom is -0.114 e. The average molecular weight is 639 g/mol. The van der Waals surface area contributed by atoms with Crippen LogP contribution < -0.4 is 0 Å². The van der Waals surface area contributed by atoms with Crippen molar-refractivity contribution in [1.29, 1.82) is 0 Å². The molecule has 0 aromatic rings. The fourth-order valence-electron chi connectivity index (χ4n) is 0. The van der Waals surface area contributed by atoms with Crippen molar-refractivity contribution in [2.45, 2.75) is 0 Å². The summed E-state index contributed by atoms with van der Waals surface area (Å²) >= 11 is 0. The SMILES string of the molecule is Br.Br.Br.Br.Br.Br.Br.Cl.Cl. The maximum absolute atomic E-state index is 0. The largest absolute Gasteiger partial charge is 0.147 e. The molecule has 0 rings (SSSR count). The van der Waals surface area contributed by atoms with Crippen LogP contribution in [0.25, 0.3) is 0 Å². The first-order valence-electron chi connectivity index (χ1n) is 0. The molecule has 0 unspecified atom stereocenters. The van der Waals surface area contributed by atoms with Crippen molar-refractivity contribution >= 4 is 144 Å². The fourth-order valence-corrected chi connectivity index (χ4v) is 0. The Hall–Kier alpha value is 3.94. The van der Waals surface area contributed by atoms with Crippen LogP contribution in [0.5, 0.6) is 0 Å². The van der Waals surface area contributed by atoms with Crippen LogP contribution in [-0.4, -0.2) is 0 Å². The highest BCUT2D eigenvalue weighted by atomic mass is 79.9. The Kier molecular flexibility index (Phi) is 1220. The van der Waals surface area contributed by atoms with Gasteiger partial charge in [-0.15, -0.1) is 144 Å². The van der Waals surface area contributed by atoms with E-state index in [-0.39, 0.29) is 144 Å². The van der Waals surface area contributed by atoms with Crippen LogP contribution >= 0.6 is 144 Å². The summed E-state index contributed by atoms with van der Waals surface area (Å²) in [6.07, 6.45) is 0. The summed E-state index contributed by atoms with van der Waals surface area (Å²) in [5.74, 6) is 0. The van der Waals surface area contributed by atoms with Crippen LogP contribution in [0.1, 0.15) is 0 Å². The zero-order valence-corrected chi connectivity index (χ0v) is 17.3. The van der Waals surface area contributed by atoms with E-state index in [4.69, 9.17) is 0 Å². The van der Waals surface area contributed by atoms with Crippen molar-refractivity contribution in [2.75, 3.05) is 0 Å².